The molecule has 0 aliphatic heterocycles. The van der Waals surface area contributed by atoms with Gasteiger partial charge in [0.05, 0.1) is 18.5 Å². The van der Waals surface area contributed by atoms with Crippen LogP contribution in [0.15, 0.2) is 53.4 Å². The molecule has 0 amide bonds. The number of benzene rings is 2. The van der Waals surface area contributed by atoms with Crippen molar-refractivity contribution in [3.8, 4) is 0 Å². The Labute approximate surface area is 154 Å². The molecule has 134 valence electrons. The van der Waals surface area contributed by atoms with Gasteiger partial charge in [-0.25, -0.2) is 18.5 Å². The smallest absolute Gasteiger partial charge is 0.246 e. The highest BCUT2D eigenvalue weighted by atomic mass is 35.5. The first-order chi connectivity index (χ1) is 11.8. The third-order valence-corrected chi connectivity index (χ3v) is 5.54. The molecule has 0 saturated carbocycles. The minimum Gasteiger partial charge on any atom is -0.267 e. The zero-order chi connectivity index (χ0) is 18.4. The Morgan fingerprint density at radius 2 is 1.68 bits per heavy atom. The number of anilines is 1. The van der Waals surface area contributed by atoms with Gasteiger partial charge in [0.15, 0.2) is 0 Å². The molecule has 0 unspecified atom stereocenters. The number of aryl methyl sites for hydroxylation is 1. The summed E-state index contributed by atoms with van der Waals surface area (Å²) in [6.07, 6.45) is 0. The largest absolute Gasteiger partial charge is 0.267 e. The van der Waals surface area contributed by atoms with Crippen molar-refractivity contribution in [2.45, 2.75) is 18.7 Å². The fraction of sp³-hybridized carbons (Fsp3) is 0.278. The van der Waals surface area contributed by atoms with Crippen LogP contribution in [-0.4, -0.2) is 39.0 Å². The second-order valence-corrected chi connectivity index (χ2v) is 8.05. The van der Waals surface area contributed by atoms with Crippen molar-refractivity contribution in [2.24, 2.45) is 0 Å². The van der Waals surface area contributed by atoms with Gasteiger partial charge < -0.3 is 0 Å². The molecular formula is C18H23ClN3O2S+. The lowest BCUT2D eigenvalue weighted by Gasteiger charge is -2.09. The number of likely N-dealkylation sites (N-methyl/N-ethyl adjacent to an activating group) is 1. The molecule has 2 aromatic carbocycles. The third-order valence-electron chi connectivity index (χ3n) is 3.81. The van der Waals surface area contributed by atoms with Crippen LogP contribution >= 0.6 is 11.6 Å². The van der Waals surface area contributed by atoms with Crippen LogP contribution in [0, 0.1) is 6.92 Å². The zero-order valence-electron chi connectivity index (χ0n) is 14.6. The van der Waals surface area contributed by atoms with E-state index in [2.05, 4.69) is 10.0 Å². The lowest BCUT2D eigenvalue weighted by atomic mass is 10.2. The third kappa shape index (κ3) is 5.85. The maximum absolute atomic E-state index is 12.2. The van der Waals surface area contributed by atoms with Gasteiger partial charge in [-0.3, -0.25) is 4.58 Å². The van der Waals surface area contributed by atoms with E-state index in [4.69, 9.17) is 11.6 Å². The lowest BCUT2D eigenvalue weighted by molar-refractivity contribution is -0.495. The topological polar surface area (TPSA) is 61.2 Å². The molecule has 5 nitrogen and oxygen atoms in total. The Kier molecular flexibility index (Phi) is 6.58. The number of nitrogens with one attached hydrogen (secondary N) is 2. The fourth-order valence-corrected chi connectivity index (χ4v) is 3.30. The van der Waals surface area contributed by atoms with Gasteiger partial charge in [-0.1, -0.05) is 29.3 Å². The quantitative estimate of drug-likeness (QED) is 0.460. The van der Waals surface area contributed by atoms with E-state index in [1.165, 1.54) is 17.7 Å². The standard InChI is InChI=1S/C18H22ClN3O2S/c1-14-4-8-17(9-5-14)21-15(2)22(3)13-12-20-25(23,24)18-10-6-16(19)7-11-18/h4-11,20H,12-13H2,1-3H3/p+1. The molecule has 2 N–H and O–H groups in total. The molecule has 0 aliphatic carbocycles. The average Bonchev–Trinajstić information content (AvgIpc) is 2.57. The summed E-state index contributed by atoms with van der Waals surface area (Å²) < 4.78 is 29.0. The first-order valence-electron chi connectivity index (χ1n) is 7.91. The summed E-state index contributed by atoms with van der Waals surface area (Å²) in [5, 5.41) is 3.81. The molecule has 0 radical (unpaired) electrons. The van der Waals surface area contributed by atoms with Crippen LogP contribution in [0.3, 0.4) is 0 Å². The molecule has 25 heavy (non-hydrogen) atoms. The van der Waals surface area contributed by atoms with Gasteiger partial charge in [0.1, 0.15) is 5.69 Å². The van der Waals surface area contributed by atoms with Crippen molar-refractivity contribution >= 4 is 33.1 Å². The van der Waals surface area contributed by atoms with Crippen molar-refractivity contribution in [3.05, 3.63) is 59.1 Å². The minimum atomic E-state index is -3.53. The summed E-state index contributed by atoms with van der Waals surface area (Å²) in [6.45, 7) is 4.83. The molecule has 0 saturated heterocycles. The van der Waals surface area contributed by atoms with Gasteiger partial charge in [0.2, 0.25) is 15.9 Å². The summed E-state index contributed by atoms with van der Waals surface area (Å²) in [6, 6.07) is 14.2. The fourth-order valence-electron chi connectivity index (χ4n) is 2.15. The van der Waals surface area contributed by atoms with Crippen LogP contribution in [0.25, 0.3) is 0 Å². The molecule has 0 aromatic heterocycles. The van der Waals surface area contributed by atoms with Crippen molar-refractivity contribution in [1.29, 1.82) is 0 Å². The normalized spacial score (nSPS) is 12.6. The zero-order valence-corrected chi connectivity index (χ0v) is 16.2. The number of hydrogen-bond acceptors (Lipinski definition) is 2. The van der Waals surface area contributed by atoms with E-state index in [1.807, 2.05) is 49.7 Å². The Bertz CT molecular complexity index is 845. The molecular weight excluding hydrogens is 358 g/mol. The van der Waals surface area contributed by atoms with Gasteiger partial charge in [-0.05, 0) is 43.3 Å². The first-order valence-corrected chi connectivity index (χ1v) is 9.78. The van der Waals surface area contributed by atoms with E-state index in [0.29, 0.717) is 18.1 Å². The Morgan fingerprint density at radius 3 is 2.28 bits per heavy atom. The van der Waals surface area contributed by atoms with Gasteiger partial charge in [-0.2, -0.15) is 0 Å². The van der Waals surface area contributed by atoms with Crippen LogP contribution in [0.4, 0.5) is 5.69 Å². The van der Waals surface area contributed by atoms with E-state index < -0.39 is 10.0 Å². The summed E-state index contributed by atoms with van der Waals surface area (Å²) in [7, 11) is -1.62. The molecule has 0 bridgehead atoms. The number of halogens is 1. The van der Waals surface area contributed by atoms with Crippen LogP contribution in [0.5, 0.6) is 0 Å². The van der Waals surface area contributed by atoms with Gasteiger partial charge in [-0.15, -0.1) is 0 Å². The van der Waals surface area contributed by atoms with Crippen molar-refractivity contribution < 1.29 is 13.0 Å². The molecule has 0 spiro atoms. The van der Waals surface area contributed by atoms with Gasteiger partial charge in [0, 0.05) is 18.5 Å². The summed E-state index contributed by atoms with van der Waals surface area (Å²) in [5.74, 6) is 0.939. The number of amidine groups is 1. The second kappa shape index (κ2) is 8.47. The van der Waals surface area contributed by atoms with Crippen molar-refractivity contribution in [3.63, 3.8) is 0 Å². The molecule has 0 heterocycles. The van der Waals surface area contributed by atoms with Crippen LogP contribution in [0.1, 0.15) is 12.5 Å². The SMILES string of the molecule is CC(Nc1ccc(C)cc1)=[N+](C)CCNS(=O)(=O)c1ccc(Cl)cc1. The highest BCUT2D eigenvalue weighted by Gasteiger charge is 2.14. The summed E-state index contributed by atoms with van der Waals surface area (Å²) >= 11 is 5.79. The maximum atomic E-state index is 12.2. The number of nitrogens with zero attached hydrogens (tertiary/aromatic N) is 1. The average molecular weight is 381 g/mol. The predicted octanol–water partition coefficient (Wildman–Crippen LogP) is 3.10. The van der Waals surface area contributed by atoms with E-state index in [0.717, 1.165) is 11.5 Å². The highest BCUT2D eigenvalue weighted by molar-refractivity contribution is 7.89. The predicted molar refractivity (Wildman–Crippen MR) is 103 cm³/mol. The van der Waals surface area contributed by atoms with Gasteiger partial charge >= 0.3 is 0 Å². The number of sulfonamides is 1. The Hall–Kier alpha value is -1.89. The first kappa shape index (κ1) is 19.4. The number of rotatable bonds is 6. The molecule has 2 aromatic rings. The van der Waals surface area contributed by atoms with Crippen molar-refractivity contribution in [2.75, 3.05) is 25.5 Å². The minimum absolute atomic E-state index is 0.207. The monoisotopic (exact) mass is 380 g/mol. The van der Waals surface area contributed by atoms with Crippen LogP contribution in [-0.2, 0) is 10.0 Å². The van der Waals surface area contributed by atoms with Crippen LogP contribution < -0.4 is 10.0 Å². The Balaban J connectivity index is 1.93. The van der Waals surface area contributed by atoms with E-state index in [1.54, 1.807) is 12.1 Å². The Morgan fingerprint density at radius 1 is 1.08 bits per heavy atom. The summed E-state index contributed by atoms with van der Waals surface area (Å²) in [4.78, 5) is 0.207. The van der Waals surface area contributed by atoms with E-state index in [-0.39, 0.29) is 4.90 Å². The molecule has 0 atom stereocenters. The van der Waals surface area contributed by atoms with E-state index >= 15 is 0 Å². The van der Waals surface area contributed by atoms with E-state index in [9.17, 15) is 8.42 Å². The summed E-state index contributed by atoms with van der Waals surface area (Å²) in [5.41, 5.74) is 2.20. The maximum Gasteiger partial charge on any atom is 0.246 e. The molecule has 2 rings (SSSR count). The van der Waals surface area contributed by atoms with Crippen molar-refractivity contribution in [1.82, 2.24) is 4.72 Å². The molecule has 7 heteroatoms. The number of hydrogen-bond donors (Lipinski definition) is 2. The molecule has 0 fully saturated rings. The lowest BCUT2D eigenvalue weighted by Crippen LogP contribution is -2.32. The highest BCUT2D eigenvalue weighted by Crippen LogP contribution is 2.13. The molecule has 0 aliphatic rings. The van der Waals surface area contributed by atoms with Crippen LogP contribution in [0.2, 0.25) is 5.02 Å². The second-order valence-electron chi connectivity index (χ2n) is 5.85. The van der Waals surface area contributed by atoms with Gasteiger partial charge in [0.25, 0.3) is 0 Å².